The van der Waals surface area contributed by atoms with Gasteiger partial charge in [-0.3, -0.25) is 9.78 Å². The van der Waals surface area contributed by atoms with Crippen LogP contribution in [0.3, 0.4) is 0 Å². The first-order valence-electron chi connectivity index (χ1n) is 7.69. The van der Waals surface area contributed by atoms with Crippen LogP contribution in [0, 0.1) is 6.92 Å². The van der Waals surface area contributed by atoms with Crippen molar-refractivity contribution in [1.82, 2.24) is 14.5 Å². The van der Waals surface area contributed by atoms with Crippen molar-refractivity contribution in [3.63, 3.8) is 0 Å². The van der Waals surface area contributed by atoms with Gasteiger partial charge in [-0.15, -0.1) is 0 Å². The molecule has 1 atom stereocenters. The van der Waals surface area contributed by atoms with E-state index in [0.29, 0.717) is 27.9 Å². The van der Waals surface area contributed by atoms with Gasteiger partial charge in [0.15, 0.2) is 11.7 Å². The smallest absolute Gasteiger partial charge is 0.328 e. The van der Waals surface area contributed by atoms with Gasteiger partial charge in [0.2, 0.25) is 0 Å². The molecular formula is C18H14ClN3O3. The molecule has 25 heavy (non-hydrogen) atoms. The van der Waals surface area contributed by atoms with E-state index in [1.807, 2.05) is 24.3 Å². The number of nitrogens with one attached hydrogen (secondary N) is 1. The standard InChI is InChI=1S/C18H14ClN3O3/c1-9-20-16-14(25-9)6-3-10-7-11(19)4-5-12(10)15(16)13-8-22(2)18(24)21-17(13)23/h3-8,15H,1-2H3,(H,21,23,24). The highest BCUT2D eigenvalue weighted by molar-refractivity contribution is 6.30. The molecule has 6 nitrogen and oxygen atoms in total. The molecule has 2 aromatic heterocycles. The van der Waals surface area contributed by atoms with Gasteiger partial charge in [0, 0.05) is 30.8 Å². The summed E-state index contributed by atoms with van der Waals surface area (Å²) in [6.07, 6.45) is 5.25. The van der Waals surface area contributed by atoms with Crippen molar-refractivity contribution in [2.75, 3.05) is 0 Å². The Morgan fingerprint density at radius 2 is 2.04 bits per heavy atom. The number of H-pyrrole nitrogens is 1. The molecule has 1 aromatic carbocycles. The predicted octanol–water partition coefficient (Wildman–Crippen LogP) is 2.69. The first-order valence-corrected chi connectivity index (χ1v) is 8.06. The number of aryl methyl sites for hydroxylation is 2. The number of hydrogen-bond donors (Lipinski definition) is 1. The lowest BCUT2D eigenvalue weighted by molar-refractivity contribution is 0.512. The van der Waals surface area contributed by atoms with Crippen LogP contribution < -0.4 is 11.2 Å². The van der Waals surface area contributed by atoms with E-state index in [4.69, 9.17) is 16.0 Å². The van der Waals surface area contributed by atoms with Crippen molar-refractivity contribution in [3.05, 3.63) is 84.3 Å². The normalized spacial score (nSPS) is 15.6. The summed E-state index contributed by atoms with van der Waals surface area (Å²) >= 11 is 6.13. The van der Waals surface area contributed by atoms with Gasteiger partial charge in [-0.1, -0.05) is 23.7 Å². The fraction of sp³-hybridized carbons (Fsp3) is 0.167. The summed E-state index contributed by atoms with van der Waals surface area (Å²) < 4.78 is 7.03. The largest absolute Gasteiger partial charge is 0.441 e. The minimum atomic E-state index is -0.467. The minimum Gasteiger partial charge on any atom is -0.441 e. The number of fused-ring (bicyclic) bond motifs is 2. The molecule has 0 saturated heterocycles. The van der Waals surface area contributed by atoms with E-state index < -0.39 is 17.2 Å². The van der Waals surface area contributed by atoms with Crippen molar-refractivity contribution in [2.45, 2.75) is 12.8 Å². The maximum Gasteiger partial charge on any atom is 0.328 e. The summed E-state index contributed by atoms with van der Waals surface area (Å²) in [5.74, 6) is 0.631. The third kappa shape index (κ3) is 2.55. The van der Waals surface area contributed by atoms with Gasteiger partial charge in [0.05, 0.1) is 11.6 Å². The number of aromatic nitrogens is 3. The summed E-state index contributed by atoms with van der Waals surface area (Å²) in [7, 11) is 1.59. The Morgan fingerprint density at radius 1 is 1.24 bits per heavy atom. The average Bonchev–Trinajstić information content (AvgIpc) is 2.86. The topological polar surface area (TPSA) is 80.9 Å². The summed E-state index contributed by atoms with van der Waals surface area (Å²) in [4.78, 5) is 31.1. The first-order chi connectivity index (χ1) is 11.9. The molecule has 0 spiro atoms. The molecule has 0 fully saturated rings. The molecular weight excluding hydrogens is 342 g/mol. The molecule has 0 amide bonds. The SMILES string of the molecule is Cc1nc2c(o1)C=Cc1cc(Cl)ccc1C2c1cn(C)c(=O)[nH]c1=O. The van der Waals surface area contributed by atoms with Gasteiger partial charge in [-0.05, 0) is 29.3 Å². The molecule has 1 unspecified atom stereocenters. The van der Waals surface area contributed by atoms with Crippen LogP contribution in [0.25, 0.3) is 12.2 Å². The Bertz CT molecular complexity index is 1140. The third-order valence-corrected chi connectivity index (χ3v) is 4.52. The molecule has 0 aliphatic heterocycles. The Morgan fingerprint density at radius 3 is 2.84 bits per heavy atom. The van der Waals surface area contributed by atoms with E-state index in [2.05, 4.69) is 9.97 Å². The number of aromatic amines is 1. The monoisotopic (exact) mass is 355 g/mol. The van der Waals surface area contributed by atoms with Gasteiger partial charge in [0.1, 0.15) is 0 Å². The maximum atomic E-state index is 12.5. The van der Waals surface area contributed by atoms with Crippen molar-refractivity contribution in [1.29, 1.82) is 0 Å². The lowest BCUT2D eigenvalue weighted by Crippen LogP contribution is -2.32. The zero-order chi connectivity index (χ0) is 17.7. The molecule has 0 saturated carbocycles. The van der Waals surface area contributed by atoms with Crippen LogP contribution in [0.1, 0.15) is 40.0 Å². The van der Waals surface area contributed by atoms with Crippen LogP contribution in [0.2, 0.25) is 5.02 Å². The zero-order valence-corrected chi connectivity index (χ0v) is 14.3. The number of hydrogen-bond acceptors (Lipinski definition) is 4. The van der Waals surface area contributed by atoms with Gasteiger partial charge >= 0.3 is 5.69 Å². The Kier molecular flexibility index (Phi) is 3.51. The quantitative estimate of drug-likeness (QED) is 0.569. The highest BCUT2D eigenvalue weighted by atomic mass is 35.5. The summed E-state index contributed by atoms with van der Waals surface area (Å²) in [5.41, 5.74) is 1.90. The van der Waals surface area contributed by atoms with Crippen LogP contribution in [0.5, 0.6) is 0 Å². The second-order valence-electron chi connectivity index (χ2n) is 5.98. The van der Waals surface area contributed by atoms with Crippen LogP contribution in [-0.2, 0) is 7.05 Å². The number of halogens is 1. The van der Waals surface area contributed by atoms with E-state index >= 15 is 0 Å². The van der Waals surface area contributed by atoms with Gasteiger partial charge in [0.25, 0.3) is 5.56 Å². The third-order valence-electron chi connectivity index (χ3n) is 4.28. The summed E-state index contributed by atoms with van der Waals surface area (Å²) in [6.45, 7) is 1.76. The van der Waals surface area contributed by atoms with Crippen LogP contribution in [-0.4, -0.2) is 14.5 Å². The van der Waals surface area contributed by atoms with Crippen molar-refractivity contribution >= 4 is 23.8 Å². The predicted molar refractivity (Wildman–Crippen MR) is 94.9 cm³/mol. The Labute approximate surface area is 147 Å². The number of nitrogens with zero attached hydrogens (tertiary/aromatic N) is 2. The molecule has 1 aliphatic carbocycles. The molecule has 1 N–H and O–H groups in total. The van der Waals surface area contributed by atoms with Crippen LogP contribution >= 0.6 is 11.6 Å². The molecule has 126 valence electrons. The second-order valence-corrected chi connectivity index (χ2v) is 6.41. The first kappa shape index (κ1) is 15.7. The van der Waals surface area contributed by atoms with E-state index in [0.717, 1.165) is 11.1 Å². The molecule has 0 bridgehead atoms. The van der Waals surface area contributed by atoms with Crippen LogP contribution in [0.4, 0.5) is 0 Å². The average molecular weight is 356 g/mol. The van der Waals surface area contributed by atoms with Crippen LogP contribution in [0.15, 0.2) is 38.4 Å². The number of benzene rings is 1. The maximum absolute atomic E-state index is 12.5. The highest BCUT2D eigenvalue weighted by Gasteiger charge is 2.30. The minimum absolute atomic E-state index is 0.420. The second kappa shape index (κ2) is 5.60. The van der Waals surface area contributed by atoms with E-state index in [1.54, 1.807) is 26.2 Å². The fourth-order valence-corrected chi connectivity index (χ4v) is 3.34. The van der Waals surface area contributed by atoms with Crippen molar-refractivity contribution in [2.24, 2.45) is 7.05 Å². The van der Waals surface area contributed by atoms with E-state index in [1.165, 1.54) is 4.57 Å². The zero-order valence-electron chi connectivity index (χ0n) is 13.5. The lowest BCUT2D eigenvalue weighted by atomic mass is 9.87. The molecule has 4 rings (SSSR count). The molecule has 0 radical (unpaired) electrons. The molecule has 3 aromatic rings. The van der Waals surface area contributed by atoms with Crippen molar-refractivity contribution < 1.29 is 4.42 Å². The molecule has 7 heteroatoms. The molecule has 2 heterocycles. The summed E-state index contributed by atoms with van der Waals surface area (Å²) in [6, 6.07) is 5.47. The fourth-order valence-electron chi connectivity index (χ4n) is 3.15. The van der Waals surface area contributed by atoms with Gasteiger partial charge < -0.3 is 8.98 Å². The van der Waals surface area contributed by atoms with E-state index in [-0.39, 0.29) is 0 Å². The van der Waals surface area contributed by atoms with Crippen molar-refractivity contribution in [3.8, 4) is 0 Å². The highest BCUT2D eigenvalue weighted by Crippen LogP contribution is 2.38. The molecule has 1 aliphatic rings. The Hall–Kier alpha value is -2.86. The lowest BCUT2D eigenvalue weighted by Gasteiger charge is -2.17. The van der Waals surface area contributed by atoms with Gasteiger partial charge in [-0.2, -0.15) is 0 Å². The number of oxazole rings is 1. The summed E-state index contributed by atoms with van der Waals surface area (Å²) in [5, 5.41) is 0.596. The van der Waals surface area contributed by atoms with E-state index in [9.17, 15) is 9.59 Å². The Balaban J connectivity index is 2.07. The van der Waals surface area contributed by atoms with Gasteiger partial charge in [-0.25, -0.2) is 9.78 Å². The number of rotatable bonds is 1.